The van der Waals surface area contributed by atoms with Crippen LogP contribution in [0.1, 0.15) is 16.8 Å². The maximum absolute atomic E-state index is 14.4. The number of hydrogen-bond acceptors (Lipinski definition) is 3. The number of alkyl halides is 4. The molecule has 0 radical (unpaired) electrons. The molecule has 0 fully saturated rings. The van der Waals surface area contributed by atoms with Crippen LogP contribution in [0.3, 0.4) is 0 Å². The van der Waals surface area contributed by atoms with E-state index in [1.807, 2.05) is 18.2 Å². The van der Waals surface area contributed by atoms with E-state index in [-0.39, 0.29) is 18.5 Å². The molecule has 0 aliphatic heterocycles. The molecule has 1 aromatic heterocycles. The molecular weight excluding hydrogens is 439 g/mol. The van der Waals surface area contributed by atoms with Crippen LogP contribution in [0.4, 0.5) is 22.0 Å². The van der Waals surface area contributed by atoms with Gasteiger partial charge < -0.3 is 10.5 Å². The van der Waals surface area contributed by atoms with Gasteiger partial charge in [0.15, 0.2) is 0 Å². The highest BCUT2D eigenvalue weighted by Crippen LogP contribution is 2.38. The van der Waals surface area contributed by atoms with Gasteiger partial charge in [-0.25, -0.2) is 4.39 Å². The molecule has 0 saturated carbocycles. The van der Waals surface area contributed by atoms with Crippen molar-refractivity contribution in [1.29, 1.82) is 0 Å². The first-order valence-electron chi connectivity index (χ1n) is 9.18. The second kappa shape index (κ2) is 9.20. The Balaban J connectivity index is 2.16. The monoisotopic (exact) mass is 456 g/mol. The summed E-state index contributed by atoms with van der Waals surface area (Å²) in [6.45, 7) is -0.0926. The van der Waals surface area contributed by atoms with Gasteiger partial charge >= 0.3 is 12.5 Å². The third-order valence-electron chi connectivity index (χ3n) is 4.85. The minimum absolute atomic E-state index is 0.0926. The van der Waals surface area contributed by atoms with E-state index in [2.05, 4.69) is 9.72 Å². The van der Waals surface area contributed by atoms with Crippen molar-refractivity contribution in [2.45, 2.75) is 24.4 Å². The number of rotatable bonds is 8. The summed E-state index contributed by atoms with van der Waals surface area (Å²) in [6.07, 6.45) is -7.25. The number of benzene rings is 2. The summed E-state index contributed by atoms with van der Waals surface area (Å²) >= 11 is 5.94. The van der Waals surface area contributed by atoms with E-state index in [4.69, 9.17) is 17.3 Å². The fraction of sp³-hybridized carbons (Fsp3) is 0.227. The Bertz CT molecular complexity index is 1020. The van der Waals surface area contributed by atoms with Crippen molar-refractivity contribution in [3.8, 4) is 5.75 Å². The van der Waals surface area contributed by atoms with Crippen LogP contribution >= 0.6 is 11.6 Å². The Morgan fingerprint density at radius 3 is 2.32 bits per heavy atom. The van der Waals surface area contributed by atoms with Gasteiger partial charge in [-0.3, -0.25) is 4.98 Å². The normalized spacial score (nSPS) is 13.8. The number of halogens is 6. The predicted molar refractivity (Wildman–Crippen MR) is 107 cm³/mol. The first-order valence-corrected chi connectivity index (χ1v) is 9.56. The van der Waals surface area contributed by atoms with Gasteiger partial charge in [0.25, 0.3) is 0 Å². The number of hydrogen-bond donors (Lipinski definition) is 1. The smallest absolute Gasteiger partial charge is 0.428 e. The van der Waals surface area contributed by atoms with Crippen molar-refractivity contribution in [1.82, 2.24) is 4.98 Å². The topological polar surface area (TPSA) is 48.1 Å². The van der Waals surface area contributed by atoms with Gasteiger partial charge in [-0.05, 0) is 41.8 Å². The number of pyridine rings is 1. The largest absolute Gasteiger partial charge is 0.461 e. The third-order valence-corrected chi connectivity index (χ3v) is 5.07. The molecule has 1 unspecified atom stereocenters. The zero-order valence-electron chi connectivity index (χ0n) is 16.0. The Morgan fingerprint density at radius 1 is 1.03 bits per heavy atom. The molecule has 9 heteroatoms. The average Bonchev–Trinajstić information content (AvgIpc) is 2.72. The van der Waals surface area contributed by atoms with Crippen LogP contribution in [0.15, 0.2) is 66.9 Å². The highest BCUT2D eigenvalue weighted by atomic mass is 35.5. The Hall–Kier alpha value is -2.71. The van der Waals surface area contributed by atoms with Gasteiger partial charge in [-0.1, -0.05) is 41.9 Å². The van der Waals surface area contributed by atoms with E-state index >= 15 is 0 Å². The van der Waals surface area contributed by atoms with Gasteiger partial charge in [-0.15, -0.1) is 0 Å². The molecule has 0 spiro atoms. The fourth-order valence-corrected chi connectivity index (χ4v) is 3.45. The van der Waals surface area contributed by atoms with Gasteiger partial charge in [0.05, 0.1) is 16.1 Å². The highest BCUT2D eigenvalue weighted by Gasteiger charge is 2.44. The van der Waals surface area contributed by atoms with Crippen LogP contribution < -0.4 is 10.5 Å². The Kier molecular flexibility index (Phi) is 6.81. The molecule has 3 nitrogen and oxygen atoms in total. The van der Waals surface area contributed by atoms with Gasteiger partial charge in [-0.2, -0.15) is 17.6 Å². The predicted octanol–water partition coefficient (Wildman–Crippen LogP) is 5.60. The molecule has 0 saturated heterocycles. The van der Waals surface area contributed by atoms with Crippen molar-refractivity contribution < 1.29 is 26.7 Å². The van der Waals surface area contributed by atoms with Crippen LogP contribution in [-0.4, -0.2) is 24.1 Å². The fourth-order valence-electron chi connectivity index (χ4n) is 3.34. The summed E-state index contributed by atoms with van der Waals surface area (Å²) in [5, 5.41) is 0.356. The quantitative estimate of drug-likeness (QED) is 0.449. The first kappa shape index (κ1) is 23.0. The molecular formula is C22H18ClF5N2O. The lowest BCUT2D eigenvalue weighted by molar-refractivity contribution is -0.253. The molecule has 1 heterocycles. The lowest BCUT2D eigenvalue weighted by atomic mass is 9.72. The van der Waals surface area contributed by atoms with Gasteiger partial charge in [0.1, 0.15) is 11.6 Å². The van der Waals surface area contributed by atoms with E-state index in [0.717, 1.165) is 17.7 Å². The van der Waals surface area contributed by atoms with E-state index in [1.165, 1.54) is 6.20 Å². The van der Waals surface area contributed by atoms with E-state index < -0.39 is 29.5 Å². The average molecular weight is 457 g/mol. The second-order valence-corrected chi connectivity index (χ2v) is 7.39. The molecule has 2 aromatic carbocycles. The molecule has 0 bridgehead atoms. The van der Waals surface area contributed by atoms with Gasteiger partial charge in [0.2, 0.25) is 0 Å². The third kappa shape index (κ3) is 5.14. The van der Waals surface area contributed by atoms with E-state index in [1.54, 1.807) is 24.3 Å². The maximum Gasteiger partial charge on any atom is 0.461 e. The van der Waals surface area contributed by atoms with Crippen LogP contribution in [0.2, 0.25) is 5.02 Å². The molecule has 2 N–H and O–H groups in total. The zero-order valence-corrected chi connectivity index (χ0v) is 16.8. The number of nitrogens with zero attached hydrogens (tertiary/aromatic N) is 1. The standard InChI is InChI=1S/C22H18ClF5N2O/c23-16-6-7-19(30-12-16)21(13-29,11-14-4-2-1-3-5-14)15-8-17(24)10-18(9-15)31-22(27,28)20(25)26/h1-10,12,20H,11,13,29H2. The van der Waals surface area contributed by atoms with E-state index in [0.29, 0.717) is 16.8 Å². The minimum atomic E-state index is -4.78. The van der Waals surface area contributed by atoms with E-state index in [9.17, 15) is 22.0 Å². The molecule has 3 rings (SSSR count). The summed E-state index contributed by atoms with van der Waals surface area (Å²) in [4.78, 5) is 4.31. The van der Waals surface area contributed by atoms with Crippen LogP contribution in [0, 0.1) is 5.82 Å². The van der Waals surface area contributed by atoms with Crippen molar-refractivity contribution in [2.75, 3.05) is 6.54 Å². The molecule has 0 aliphatic carbocycles. The zero-order chi connectivity index (χ0) is 22.6. The first-order chi connectivity index (χ1) is 14.7. The van der Waals surface area contributed by atoms with Crippen molar-refractivity contribution in [2.24, 2.45) is 5.73 Å². The number of nitrogens with two attached hydrogens (primary N) is 1. The van der Waals surface area contributed by atoms with Crippen LogP contribution in [0.5, 0.6) is 5.75 Å². The molecule has 3 aromatic rings. The summed E-state index contributed by atoms with van der Waals surface area (Å²) in [5.41, 5.74) is 6.32. The van der Waals surface area contributed by atoms with Crippen molar-refractivity contribution in [3.63, 3.8) is 0 Å². The molecule has 0 aliphatic rings. The Labute approximate surface area is 180 Å². The summed E-state index contributed by atoms with van der Waals surface area (Å²) in [7, 11) is 0. The number of aromatic nitrogens is 1. The molecule has 31 heavy (non-hydrogen) atoms. The maximum atomic E-state index is 14.4. The van der Waals surface area contributed by atoms with Gasteiger partial charge in [0, 0.05) is 18.8 Å². The lowest BCUT2D eigenvalue weighted by Crippen LogP contribution is -2.40. The van der Waals surface area contributed by atoms with Crippen LogP contribution in [0.25, 0.3) is 0 Å². The number of ether oxygens (including phenoxy) is 1. The molecule has 0 amide bonds. The molecule has 164 valence electrons. The second-order valence-electron chi connectivity index (χ2n) is 6.95. The lowest BCUT2D eigenvalue weighted by Gasteiger charge is -2.33. The Morgan fingerprint density at radius 2 is 1.74 bits per heavy atom. The van der Waals surface area contributed by atoms with Crippen LogP contribution in [-0.2, 0) is 11.8 Å². The summed E-state index contributed by atoms with van der Waals surface area (Å²) in [5.74, 6) is -1.70. The minimum Gasteiger partial charge on any atom is -0.428 e. The summed E-state index contributed by atoms with van der Waals surface area (Å²) in [6, 6.07) is 15.0. The van der Waals surface area contributed by atoms with Crippen molar-refractivity contribution in [3.05, 3.63) is 94.5 Å². The molecule has 1 atom stereocenters. The van der Waals surface area contributed by atoms with Crippen molar-refractivity contribution >= 4 is 11.6 Å². The SMILES string of the molecule is NCC(Cc1ccccc1)(c1cc(F)cc(OC(F)(F)C(F)F)c1)c1ccc(Cl)cn1. The summed E-state index contributed by atoms with van der Waals surface area (Å²) < 4.78 is 70.6. The highest BCUT2D eigenvalue weighted by molar-refractivity contribution is 6.30.